The Morgan fingerprint density at radius 2 is 2.12 bits per heavy atom. The summed E-state index contributed by atoms with van der Waals surface area (Å²) in [5.74, 6) is -0.906. The summed E-state index contributed by atoms with van der Waals surface area (Å²) in [6.07, 6.45) is 9.93. The second-order valence-corrected chi connectivity index (χ2v) is 6.34. The van der Waals surface area contributed by atoms with E-state index in [4.69, 9.17) is 0 Å². The number of aromatic nitrogens is 2. The van der Waals surface area contributed by atoms with Gasteiger partial charge in [-0.05, 0) is 31.4 Å². The lowest BCUT2D eigenvalue weighted by molar-refractivity contribution is -0.143. The molecule has 25 heavy (non-hydrogen) atoms. The highest BCUT2D eigenvalue weighted by molar-refractivity contribution is 5.77. The number of carboxylic acids is 1. The van der Waals surface area contributed by atoms with Gasteiger partial charge in [0.05, 0.1) is 17.8 Å². The summed E-state index contributed by atoms with van der Waals surface area (Å²) in [5, 5.41) is 9.21. The number of hydrogen-bond donors (Lipinski definition) is 1. The van der Waals surface area contributed by atoms with E-state index in [-0.39, 0.29) is 5.92 Å². The summed E-state index contributed by atoms with van der Waals surface area (Å²) < 4.78 is 0. The van der Waals surface area contributed by atoms with Crippen LogP contribution in [-0.4, -0.2) is 45.6 Å². The van der Waals surface area contributed by atoms with Gasteiger partial charge in [0.15, 0.2) is 0 Å². The quantitative estimate of drug-likeness (QED) is 0.877. The Bertz CT molecular complexity index is 675. The number of benzene rings is 1. The van der Waals surface area contributed by atoms with Crippen LogP contribution < -0.4 is 0 Å². The van der Waals surface area contributed by atoms with Crippen molar-refractivity contribution < 1.29 is 9.90 Å². The van der Waals surface area contributed by atoms with E-state index < -0.39 is 5.97 Å². The molecule has 5 nitrogen and oxygen atoms in total. The molecule has 1 aromatic heterocycles. The fraction of sp³-hybridized carbons (Fsp3) is 0.350. The Morgan fingerprint density at radius 1 is 1.28 bits per heavy atom. The Labute approximate surface area is 148 Å². The second kappa shape index (κ2) is 8.53. The van der Waals surface area contributed by atoms with Crippen molar-refractivity contribution in [3.05, 3.63) is 66.3 Å². The standard InChI is InChI=1S/C20H23N3O2/c24-20(25)17-8-4-12-23(15-17)13-5-9-18(16-6-2-1-3-7-16)19-14-21-10-11-22-19/h1-3,6-7,9-11,14,17H,4-5,8,12-13,15H2,(H,24,25). The van der Waals surface area contributed by atoms with E-state index in [1.807, 2.05) is 18.2 Å². The van der Waals surface area contributed by atoms with E-state index >= 15 is 0 Å². The largest absolute Gasteiger partial charge is 0.481 e. The zero-order valence-corrected chi connectivity index (χ0v) is 14.2. The van der Waals surface area contributed by atoms with Gasteiger partial charge >= 0.3 is 5.97 Å². The summed E-state index contributed by atoms with van der Waals surface area (Å²) in [6, 6.07) is 10.2. The molecule has 1 aliphatic rings. The summed E-state index contributed by atoms with van der Waals surface area (Å²) in [5.41, 5.74) is 3.04. The zero-order chi connectivity index (χ0) is 17.5. The molecular weight excluding hydrogens is 314 g/mol. The van der Waals surface area contributed by atoms with Gasteiger partial charge in [-0.3, -0.25) is 14.8 Å². The van der Waals surface area contributed by atoms with Crippen molar-refractivity contribution >= 4 is 11.5 Å². The fourth-order valence-corrected chi connectivity index (χ4v) is 3.28. The van der Waals surface area contributed by atoms with E-state index in [0.717, 1.165) is 49.2 Å². The van der Waals surface area contributed by atoms with E-state index in [2.05, 4.69) is 33.1 Å². The molecule has 2 aromatic rings. The molecule has 1 atom stereocenters. The number of likely N-dealkylation sites (tertiary alicyclic amines) is 1. The highest BCUT2D eigenvalue weighted by Gasteiger charge is 2.24. The van der Waals surface area contributed by atoms with Crippen molar-refractivity contribution in [1.82, 2.24) is 14.9 Å². The molecule has 1 N–H and O–H groups in total. The number of carboxylic acid groups (broad SMARTS) is 1. The van der Waals surface area contributed by atoms with Crippen LogP contribution in [0.2, 0.25) is 0 Å². The molecule has 0 radical (unpaired) electrons. The van der Waals surface area contributed by atoms with Gasteiger partial charge in [0.2, 0.25) is 0 Å². The van der Waals surface area contributed by atoms with Crippen LogP contribution in [0.25, 0.3) is 5.57 Å². The van der Waals surface area contributed by atoms with E-state index in [0.29, 0.717) is 6.54 Å². The van der Waals surface area contributed by atoms with Crippen LogP contribution in [0.1, 0.15) is 30.5 Å². The van der Waals surface area contributed by atoms with Crippen LogP contribution in [-0.2, 0) is 4.79 Å². The van der Waals surface area contributed by atoms with Crippen molar-refractivity contribution in [2.45, 2.75) is 19.3 Å². The average molecular weight is 337 g/mol. The Morgan fingerprint density at radius 3 is 2.84 bits per heavy atom. The maximum Gasteiger partial charge on any atom is 0.307 e. The lowest BCUT2D eigenvalue weighted by Crippen LogP contribution is -2.39. The summed E-state index contributed by atoms with van der Waals surface area (Å²) >= 11 is 0. The zero-order valence-electron chi connectivity index (χ0n) is 14.2. The SMILES string of the molecule is O=C(O)C1CCCN(CCC=C(c2ccccc2)c2cnccn2)C1. The number of carbonyl (C=O) groups is 1. The Balaban J connectivity index is 1.70. The van der Waals surface area contributed by atoms with Crippen molar-refractivity contribution in [3.8, 4) is 0 Å². The third-order valence-electron chi connectivity index (χ3n) is 4.57. The molecule has 0 aliphatic carbocycles. The highest BCUT2D eigenvalue weighted by Crippen LogP contribution is 2.22. The van der Waals surface area contributed by atoms with Gasteiger partial charge in [0, 0.05) is 31.1 Å². The summed E-state index contributed by atoms with van der Waals surface area (Å²) in [7, 11) is 0. The molecule has 1 saturated heterocycles. The van der Waals surface area contributed by atoms with Crippen molar-refractivity contribution in [1.29, 1.82) is 0 Å². The minimum atomic E-state index is -0.676. The summed E-state index contributed by atoms with van der Waals surface area (Å²) in [6.45, 7) is 2.48. The lowest BCUT2D eigenvalue weighted by Gasteiger charge is -2.30. The average Bonchev–Trinajstić information content (AvgIpc) is 2.67. The van der Waals surface area contributed by atoms with Gasteiger partial charge in [-0.25, -0.2) is 0 Å². The second-order valence-electron chi connectivity index (χ2n) is 6.34. The molecule has 1 fully saturated rings. The van der Waals surface area contributed by atoms with Gasteiger partial charge in [0.25, 0.3) is 0 Å². The van der Waals surface area contributed by atoms with Crippen LogP contribution in [0.4, 0.5) is 0 Å². The van der Waals surface area contributed by atoms with Crippen LogP contribution in [0.5, 0.6) is 0 Å². The molecule has 5 heteroatoms. The van der Waals surface area contributed by atoms with Gasteiger partial charge in [-0.2, -0.15) is 0 Å². The first-order valence-electron chi connectivity index (χ1n) is 8.71. The van der Waals surface area contributed by atoms with Crippen molar-refractivity contribution in [3.63, 3.8) is 0 Å². The minimum absolute atomic E-state index is 0.230. The van der Waals surface area contributed by atoms with Gasteiger partial charge in [-0.15, -0.1) is 0 Å². The maximum absolute atomic E-state index is 11.2. The van der Waals surface area contributed by atoms with Crippen molar-refractivity contribution in [2.24, 2.45) is 5.92 Å². The number of nitrogens with zero attached hydrogens (tertiary/aromatic N) is 3. The van der Waals surface area contributed by atoms with Crippen LogP contribution in [0, 0.1) is 5.92 Å². The molecule has 0 bridgehead atoms. The molecule has 1 unspecified atom stereocenters. The third-order valence-corrected chi connectivity index (χ3v) is 4.57. The predicted octanol–water partition coefficient (Wildman–Crippen LogP) is 3.10. The molecule has 1 aliphatic heterocycles. The van der Waals surface area contributed by atoms with E-state index in [9.17, 15) is 9.90 Å². The molecular formula is C20H23N3O2. The number of hydrogen-bond acceptors (Lipinski definition) is 4. The highest BCUT2D eigenvalue weighted by atomic mass is 16.4. The number of aliphatic carboxylic acids is 1. The molecule has 0 amide bonds. The smallest absolute Gasteiger partial charge is 0.307 e. The third kappa shape index (κ3) is 4.73. The number of rotatable bonds is 6. The Hall–Kier alpha value is -2.53. The van der Waals surface area contributed by atoms with Crippen molar-refractivity contribution in [2.75, 3.05) is 19.6 Å². The molecule has 0 spiro atoms. The molecule has 3 rings (SSSR count). The first kappa shape index (κ1) is 17.3. The lowest BCUT2D eigenvalue weighted by atomic mass is 9.98. The Kier molecular flexibility index (Phi) is 5.90. The van der Waals surface area contributed by atoms with Crippen LogP contribution >= 0.6 is 0 Å². The van der Waals surface area contributed by atoms with Gasteiger partial charge in [0.1, 0.15) is 0 Å². The molecule has 1 aromatic carbocycles. The first-order chi connectivity index (χ1) is 12.2. The molecule has 2 heterocycles. The monoisotopic (exact) mass is 337 g/mol. The topological polar surface area (TPSA) is 66.3 Å². The maximum atomic E-state index is 11.2. The summed E-state index contributed by atoms with van der Waals surface area (Å²) in [4.78, 5) is 22.1. The van der Waals surface area contributed by atoms with E-state index in [1.165, 1.54) is 0 Å². The minimum Gasteiger partial charge on any atom is -0.481 e. The first-order valence-corrected chi connectivity index (χ1v) is 8.71. The fourth-order valence-electron chi connectivity index (χ4n) is 3.28. The molecule has 0 saturated carbocycles. The van der Waals surface area contributed by atoms with Gasteiger partial charge < -0.3 is 10.0 Å². The number of piperidine rings is 1. The van der Waals surface area contributed by atoms with Crippen LogP contribution in [0.15, 0.2) is 55.0 Å². The van der Waals surface area contributed by atoms with E-state index in [1.54, 1.807) is 18.6 Å². The molecule has 130 valence electrons. The normalized spacial score (nSPS) is 18.9. The predicted molar refractivity (Wildman–Crippen MR) is 97.0 cm³/mol. The van der Waals surface area contributed by atoms with Gasteiger partial charge in [-0.1, -0.05) is 36.4 Å². The van der Waals surface area contributed by atoms with Crippen LogP contribution in [0.3, 0.4) is 0 Å².